The first kappa shape index (κ1) is 33.4. The molecule has 57 heavy (non-hydrogen) atoms. The van der Waals surface area contributed by atoms with Gasteiger partial charge in [0.25, 0.3) is 0 Å². The number of hydrogen-bond donors (Lipinski definition) is 0. The van der Waals surface area contributed by atoms with Gasteiger partial charge in [0.2, 0.25) is 0 Å². The highest BCUT2D eigenvalue weighted by molar-refractivity contribution is 6.09. The maximum atomic E-state index is 2.53. The smallest absolute Gasteiger partial charge is 0.0560 e. The number of fused-ring (bicyclic) bond motifs is 7. The van der Waals surface area contributed by atoms with Crippen LogP contribution in [-0.4, -0.2) is 4.57 Å². The van der Waals surface area contributed by atoms with E-state index in [4.69, 9.17) is 0 Å². The molecule has 0 radical (unpaired) electrons. The van der Waals surface area contributed by atoms with Crippen LogP contribution in [0.25, 0.3) is 60.4 Å². The van der Waals surface area contributed by atoms with Gasteiger partial charge in [0, 0.05) is 44.0 Å². The topological polar surface area (TPSA) is 8.17 Å². The molecule has 2 nitrogen and oxygen atoms in total. The highest BCUT2D eigenvalue weighted by atomic mass is 15.1. The van der Waals surface area contributed by atoms with Gasteiger partial charge in [-0.25, -0.2) is 0 Å². The van der Waals surface area contributed by atoms with Crippen molar-refractivity contribution in [3.05, 3.63) is 217 Å². The van der Waals surface area contributed by atoms with E-state index >= 15 is 0 Å². The van der Waals surface area contributed by atoms with E-state index in [1.54, 1.807) is 0 Å². The van der Waals surface area contributed by atoms with Crippen molar-refractivity contribution in [1.29, 1.82) is 0 Å². The van der Waals surface area contributed by atoms with Crippen LogP contribution in [0.3, 0.4) is 0 Å². The molecule has 0 spiro atoms. The molecule has 1 atom stereocenters. The zero-order chi connectivity index (χ0) is 38.1. The van der Waals surface area contributed by atoms with Crippen molar-refractivity contribution in [2.45, 2.75) is 31.7 Å². The molecule has 1 heterocycles. The third-order valence-corrected chi connectivity index (χ3v) is 12.5. The second-order valence-electron chi connectivity index (χ2n) is 16.1. The van der Waals surface area contributed by atoms with Gasteiger partial charge >= 0.3 is 0 Å². The molecule has 0 aliphatic heterocycles. The highest BCUT2D eigenvalue weighted by Crippen LogP contribution is 2.51. The summed E-state index contributed by atoms with van der Waals surface area (Å²) in [6.45, 7) is 4.72. The van der Waals surface area contributed by atoms with Gasteiger partial charge in [0.1, 0.15) is 0 Å². The first-order valence-electron chi connectivity index (χ1n) is 20.1. The Kier molecular flexibility index (Phi) is 7.69. The van der Waals surface area contributed by atoms with Crippen LogP contribution in [0.2, 0.25) is 0 Å². The predicted octanol–water partition coefficient (Wildman–Crippen LogP) is 15.0. The van der Waals surface area contributed by atoms with Crippen molar-refractivity contribution in [1.82, 2.24) is 4.57 Å². The molecule has 11 rings (SSSR count). The Balaban J connectivity index is 0.986. The molecule has 0 saturated heterocycles. The maximum Gasteiger partial charge on any atom is 0.0560 e. The van der Waals surface area contributed by atoms with E-state index in [1.165, 1.54) is 82.8 Å². The quantitative estimate of drug-likeness (QED) is 0.165. The van der Waals surface area contributed by atoms with Crippen molar-refractivity contribution in [2.75, 3.05) is 4.90 Å². The van der Waals surface area contributed by atoms with Gasteiger partial charge in [-0.15, -0.1) is 0 Å². The van der Waals surface area contributed by atoms with Gasteiger partial charge in [0.05, 0.1) is 11.7 Å². The van der Waals surface area contributed by atoms with Gasteiger partial charge < -0.3 is 9.47 Å². The van der Waals surface area contributed by atoms with Crippen LogP contribution in [0.4, 0.5) is 17.1 Å². The molecule has 0 N–H and O–H groups in total. The van der Waals surface area contributed by atoms with Crippen molar-refractivity contribution < 1.29 is 0 Å². The summed E-state index contributed by atoms with van der Waals surface area (Å²) in [4.78, 5) is 2.44. The van der Waals surface area contributed by atoms with Gasteiger partial charge in [-0.2, -0.15) is 0 Å². The number of rotatable bonds is 6. The summed E-state index contributed by atoms with van der Waals surface area (Å²) >= 11 is 0. The van der Waals surface area contributed by atoms with E-state index in [0.29, 0.717) is 0 Å². The number of allylic oxidation sites excluding steroid dienone is 4. The fourth-order valence-corrected chi connectivity index (χ4v) is 9.65. The number of aromatic nitrogens is 1. The largest absolute Gasteiger partial charge is 0.333 e. The number of para-hydroxylation sites is 1. The Labute approximate surface area is 334 Å². The van der Waals surface area contributed by atoms with Gasteiger partial charge in [-0.1, -0.05) is 166 Å². The fourth-order valence-electron chi connectivity index (χ4n) is 9.65. The van der Waals surface area contributed by atoms with Crippen molar-refractivity contribution in [3.63, 3.8) is 0 Å². The summed E-state index contributed by atoms with van der Waals surface area (Å²) < 4.78 is 2.53. The van der Waals surface area contributed by atoms with E-state index in [1.807, 2.05) is 0 Å². The molecular formula is C55H42N2. The molecule has 8 aromatic carbocycles. The average Bonchev–Trinajstić information content (AvgIpc) is 3.72. The Bertz CT molecular complexity index is 3060. The third kappa shape index (κ3) is 5.39. The predicted molar refractivity (Wildman–Crippen MR) is 242 cm³/mol. The van der Waals surface area contributed by atoms with E-state index in [-0.39, 0.29) is 11.5 Å². The third-order valence-electron chi connectivity index (χ3n) is 12.5. The van der Waals surface area contributed by atoms with Gasteiger partial charge in [0.15, 0.2) is 0 Å². The van der Waals surface area contributed by atoms with E-state index in [0.717, 1.165) is 17.8 Å². The summed E-state index contributed by atoms with van der Waals surface area (Å²) in [5.41, 5.74) is 16.3. The zero-order valence-corrected chi connectivity index (χ0v) is 32.2. The van der Waals surface area contributed by atoms with E-state index < -0.39 is 0 Å². The first-order chi connectivity index (χ1) is 28.0. The standard InChI is InChI=1S/C55H42N2/c1-55(2)50-20-10-8-18-46(50)47-33-32-44(36-51(47)55)56(52-22-12-16-40-15-6-7-17-45(40)52)42-28-25-39(26-29-42)41-27-34-54-49(35-41)48-19-9-11-21-53(48)57(54)43-30-23-38(24-31-43)37-13-4-3-5-14-37/h3-30,32-36,43H,31H2,1-2H3. The minimum absolute atomic E-state index is 0.0902. The summed E-state index contributed by atoms with van der Waals surface area (Å²) in [5.74, 6) is 0. The van der Waals surface area contributed by atoms with Crippen LogP contribution in [0, 0.1) is 0 Å². The second kappa shape index (κ2) is 13.1. The highest BCUT2D eigenvalue weighted by Gasteiger charge is 2.35. The molecule has 1 unspecified atom stereocenters. The summed E-state index contributed by atoms with van der Waals surface area (Å²) in [6, 6.07) is 67.3. The Morgan fingerprint density at radius 3 is 2.04 bits per heavy atom. The molecular weight excluding hydrogens is 689 g/mol. The molecule has 2 aliphatic rings. The monoisotopic (exact) mass is 730 g/mol. The minimum Gasteiger partial charge on any atom is -0.333 e. The van der Waals surface area contributed by atoms with Crippen molar-refractivity contribution >= 4 is 55.2 Å². The fraction of sp³-hybridized carbons (Fsp3) is 0.0909. The molecule has 0 saturated carbocycles. The lowest BCUT2D eigenvalue weighted by atomic mass is 9.82. The summed E-state index contributed by atoms with van der Waals surface area (Å²) in [6.07, 6.45) is 8.02. The molecule has 1 aromatic heterocycles. The van der Waals surface area contributed by atoms with Crippen LogP contribution in [-0.2, 0) is 5.41 Å². The van der Waals surface area contributed by atoms with Crippen LogP contribution >= 0.6 is 0 Å². The van der Waals surface area contributed by atoms with Crippen LogP contribution in [0.15, 0.2) is 200 Å². The molecule has 9 aromatic rings. The summed E-state index contributed by atoms with van der Waals surface area (Å²) in [5, 5.41) is 5.04. The lowest BCUT2D eigenvalue weighted by molar-refractivity contribution is 0.649. The minimum atomic E-state index is -0.0902. The normalized spacial score (nSPS) is 15.5. The molecule has 272 valence electrons. The van der Waals surface area contributed by atoms with E-state index in [9.17, 15) is 0 Å². The van der Waals surface area contributed by atoms with Gasteiger partial charge in [-0.05, 0) is 105 Å². The number of anilines is 3. The number of benzene rings is 8. The van der Waals surface area contributed by atoms with E-state index in [2.05, 4.69) is 224 Å². The Hall–Kier alpha value is -6.90. The van der Waals surface area contributed by atoms with Crippen LogP contribution in [0.5, 0.6) is 0 Å². The Morgan fingerprint density at radius 2 is 1.19 bits per heavy atom. The molecule has 2 aliphatic carbocycles. The molecule has 2 heteroatoms. The lowest BCUT2D eigenvalue weighted by Crippen LogP contribution is -2.16. The van der Waals surface area contributed by atoms with Crippen molar-refractivity contribution in [2.24, 2.45) is 0 Å². The summed E-state index contributed by atoms with van der Waals surface area (Å²) in [7, 11) is 0. The zero-order valence-electron chi connectivity index (χ0n) is 32.2. The molecule has 0 amide bonds. The Morgan fingerprint density at radius 1 is 0.509 bits per heavy atom. The van der Waals surface area contributed by atoms with Crippen LogP contribution < -0.4 is 4.90 Å². The average molecular weight is 731 g/mol. The van der Waals surface area contributed by atoms with Crippen molar-refractivity contribution in [3.8, 4) is 22.3 Å². The lowest BCUT2D eigenvalue weighted by Gasteiger charge is -2.29. The number of hydrogen-bond acceptors (Lipinski definition) is 1. The molecule has 0 bridgehead atoms. The van der Waals surface area contributed by atoms with Gasteiger partial charge in [-0.3, -0.25) is 0 Å². The van der Waals surface area contributed by atoms with Crippen LogP contribution in [0.1, 0.15) is 43.0 Å². The first-order valence-corrected chi connectivity index (χ1v) is 20.1. The number of nitrogens with zero attached hydrogens (tertiary/aromatic N) is 2. The molecule has 0 fully saturated rings. The maximum absolute atomic E-state index is 2.53. The SMILES string of the molecule is CC1(C)c2ccccc2-c2ccc(N(c3ccc(-c4ccc5c(c4)c4ccccc4n5C4C=CC(c5ccccc5)=CC4)cc3)c3cccc4ccccc34)cc21. The second-order valence-corrected chi connectivity index (χ2v) is 16.1.